The lowest BCUT2D eigenvalue weighted by atomic mass is 9.76. The first kappa shape index (κ1) is 20.8. The van der Waals surface area contributed by atoms with E-state index in [-0.39, 0.29) is 29.1 Å². The second-order valence-electron chi connectivity index (χ2n) is 8.50. The van der Waals surface area contributed by atoms with Gasteiger partial charge in [-0.2, -0.15) is 0 Å². The quantitative estimate of drug-likeness (QED) is 0.403. The summed E-state index contributed by atoms with van der Waals surface area (Å²) in [5.74, 6) is -0.156. The number of hydrogen-bond acceptors (Lipinski definition) is 2. The number of ether oxygens (including phenoxy) is 1. The highest BCUT2D eigenvalue weighted by molar-refractivity contribution is 5.87. The SMILES string of the molecule is CC(C(=O)OC1CC2C=CC(C1)[N+]2(C)C)(c1ccccc1)c1ccccc1.[Br-]. The van der Waals surface area contributed by atoms with Gasteiger partial charge in [-0.25, -0.2) is 0 Å². The van der Waals surface area contributed by atoms with E-state index in [0.29, 0.717) is 12.1 Å². The van der Waals surface area contributed by atoms with Crippen molar-refractivity contribution in [3.63, 3.8) is 0 Å². The van der Waals surface area contributed by atoms with Crippen molar-refractivity contribution in [3.8, 4) is 0 Å². The summed E-state index contributed by atoms with van der Waals surface area (Å²) in [5, 5.41) is 0. The van der Waals surface area contributed by atoms with Crippen LogP contribution in [0.2, 0.25) is 0 Å². The summed E-state index contributed by atoms with van der Waals surface area (Å²) < 4.78 is 7.13. The third-order valence-corrected chi connectivity index (χ3v) is 6.66. The number of rotatable bonds is 4. The Balaban J connectivity index is 0.00000225. The van der Waals surface area contributed by atoms with E-state index in [2.05, 4.69) is 26.2 Å². The summed E-state index contributed by atoms with van der Waals surface area (Å²) in [6.45, 7) is 1.98. The maximum Gasteiger partial charge on any atom is 0.321 e. The molecule has 2 heterocycles. The van der Waals surface area contributed by atoms with Gasteiger partial charge in [-0.15, -0.1) is 0 Å². The molecule has 1 fully saturated rings. The first-order chi connectivity index (χ1) is 12.9. The van der Waals surface area contributed by atoms with Crippen molar-refractivity contribution in [1.82, 2.24) is 0 Å². The van der Waals surface area contributed by atoms with Gasteiger partial charge in [-0.3, -0.25) is 4.79 Å². The van der Waals surface area contributed by atoms with Crippen LogP contribution in [-0.4, -0.2) is 42.7 Å². The number of hydrogen-bond donors (Lipinski definition) is 0. The standard InChI is InChI=1S/C24H28NO2.BrH/c1-24(18-10-6-4-7-11-18,19-12-8-5-9-13-19)23(26)27-22-16-20-14-15-21(17-22)25(20,2)3;/h4-15,20-22H,16-17H2,1-3H3;1H/q+1;/p-1. The number of esters is 1. The molecule has 0 saturated carbocycles. The molecular weight excluding hydrogens is 414 g/mol. The van der Waals surface area contributed by atoms with Gasteiger partial charge in [0.05, 0.1) is 14.1 Å². The molecule has 2 atom stereocenters. The average Bonchev–Trinajstić information content (AvgIpc) is 2.86. The van der Waals surface area contributed by atoms with Crippen LogP contribution in [0.3, 0.4) is 0 Å². The van der Waals surface area contributed by atoms with Crippen LogP contribution >= 0.6 is 0 Å². The lowest BCUT2D eigenvalue weighted by molar-refractivity contribution is -0.926. The van der Waals surface area contributed by atoms with E-state index < -0.39 is 5.41 Å². The molecule has 3 nitrogen and oxygen atoms in total. The third kappa shape index (κ3) is 3.44. The van der Waals surface area contributed by atoms with Crippen molar-refractivity contribution in [1.29, 1.82) is 0 Å². The third-order valence-electron chi connectivity index (χ3n) is 6.66. The maximum absolute atomic E-state index is 13.5. The number of piperidine rings is 1. The van der Waals surface area contributed by atoms with Crippen molar-refractivity contribution < 1.29 is 31.0 Å². The van der Waals surface area contributed by atoms with Gasteiger partial charge in [0.15, 0.2) is 0 Å². The Morgan fingerprint density at radius 3 is 1.75 bits per heavy atom. The molecule has 0 radical (unpaired) electrons. The molecular formula is C24H28BrNO2. The maximum atomic E-state index is 13.5. The van der Waals surface area contributed by atoms with Crippen molar-refractivity contribution >= 4 is 5.97 Å². The van der Waals surface area contributed by atoms with Gasteiger partial charge in [0.2, 0.25) is 0 Å². The molecule has 2 bridgehead atoms. The van der Waals surface area contributed by atoms with Crippen LogP contribution < -0.4 is 17.0 Å². The largest absolute Gasteiger partial charge is 1.00 e. The van der Waals surface area contributed by atoms with E-state index in [9.17, 15) is 4.79 Å². The number of carbonyl (C=O) groups excluding carboxylic acids is 1. The summed E-state index contributed by atoms with van der Waals surface area (Å²) in [5.41, 5.74) is 1.13. The van der Waals surface area contributed by atoms with Gasteiger partial charge < -0.3 is 26.2 Å². The predicted molar refractivity (Wildman–Crippen MR) is 107 cm³/mol. The first-order valence-corrected chi connectivity index (χ1v) is 9.76. The molecule has 2 aliphatic rings. The minimum absolute atomic E-state index is 0. The summed E-state index contributed by atoms with van der Waals surface area (Å²) in [6, 6.07) is 20.8. The van der Waals surface area contributed by atoms with E-state index in [1.54, 1.807) is 0 Å². The Kier molecular flexibility index (Phi) is 5.83. The Bertz CT molecular complexity index is 790. The highest BCUT2D eigenvalue weighted by atomic mass is 79.9. The van der Waals surface area contributed by atoms with Crippen molar-refractivity contribution in [2.24, 2.45) is 0 Å². The highest BCUT2D eigenvalue weighted by Gasteiger charge is 2.48. The molecule has 4 rings (SSSR count). The molecule has 148 valence electrons. The van der Waals surface area contributed by atoms with Gasteiger partial charge in [0.25, 0.3) is 0 Å². The zero-order valence-corrected chi connectivity index (χ0v) is 18.3. The predicted octanol–water partition coefficient (Wildman–Crippen LogP) is 1.09. The van der Waals surface area contributed by atoms with Crippen LogP contribution in [0.15, 0.2) is 72.8 Å². The van der Waals surface area contributed by atoms with Gasteiger partial charge in [0, 0.05) is 12.8 Å². The fourth-order valence-electron chi connectivity index (χ4n) is 4.59. The average molecular weight is 442 g/mol. The molecule has 1 saturated heterocycles. The summed E-state index contributed by atoms with van der Waals surface area (Å²) in [4.78, 5) is 13.5. The summed E-state index contributed by atoms with van der Waals surface area (Å²) >= 11 is 0. The van der Waals surface area contributed by atoms with Crippen molar-refractivity contribution in [3.05, 3.63) is 83.9 Å². The van der Waals surface area contributed by atoms with Crippen molar-refractivity contribution in [2.75, 3.05) is 14.1 Å². The fourth-order valence-corrected chi connectivity index (χ4v) is 4.59. The molecule has 2 aliphatic heterocycles. The zero-order valence-electron chi connectivity index (χ0n) is 16.7. The first-order valence-electron chi connectivity index (χ1n) is 9.76. The molecule has 28 heavy (non-hydrogen) atoms. The van der Waals surface area contributed by atoms with Crippen LogP contribution in [0.5, 0.6) is 0 Å². The molecule has 0 spiro atoms. The Labute approximate surface area is 178 Å². The fraction of sp³-hybridized carbons (Fsp3) is 0.375. The second kappa shape index (κ2) is 7.84. The zero-order chi connectivity index (χ0) is 19.1. The summed E-state index contributed by atoms with van der Waals surface area (Å²) in [7, 11) is 4.54. The van der Waals surface area contributed by atoms with Gasteiger partial charge in [-0.1, -0.05) is 60.7 Å². The van der Waals surface area contributed by atoms with Crippen molar-refractivity contribution in [2.45, 2.75) is 43.4 Å². The van der Waals surface area contributed by atoms with E-state index in [1.165, 1.54) is 0 Å². The van der Waals surface area contributed by atoms with Crippen LogP contribution in [0.4, 0.5) is 0 Å². The minimum Gasteiger partial charge on any atom is -1.00 e. The smallest absolute Gasteiger partial charge is 0.321 e. The van der Waals surface area contributed by atoms with E-state index in [4.69, 9.17) is 4.74 Å². The number of benzene rings is 2. The lowest BCUT2D eigenvalue weighted by Crippen LogP contribution is -3.00. The molecule has 0 N–H and O–H groups in total. The molecule has 2 aromatic carbocycles. The van der Waals surface area contributed by atoms with E-state index in [0.717, 1.165) is 28.5 Å². The van der Waals surface area contributed by atoms with E-state index in [1.807, 2.05) is 67.6 Å². The van der Waals surface area contributed by atoms with Crippen LogP contribution in [-0.2, 0) is 14.9 Å². The Morgan fingerprint density at radius 2 is 1.32 bits per heavy atom. The molecule has 2 unspecified atom stereocenters. The molecule has 2 aromatic rings. The number of quaternary nitrogens is 1. The normalized spacial score (nSPS) is 25.0. The molecule has 4 heteroatoms. The number of fused-ring (bicyclic) bond motifs is 2. The number of nitrogens with zero attached hydrogens (tertiary/aromatic N) is 1. The van der Waals surface area contributed by atoms with Gasteiger partial charge >= 0.3 is 5.97 Å². The molecule has 0 aliphatic carbocycles. The van der Waals surface area contributed by atoms with Crippen LogP contribution in [0.25, 0.3) is 0 Å². The van der Waals surface area contributed by atoms with Crippen LogP contribution in [0.1, 0.15) is 30.9 Å². The monoisotopic (exact) mass is 441 g/mol. The number of halogens is 1. The highest BCUT2D eigenvalue weighted by Crippen LogP contribution is 2.38. The summed E-state index contributed by atoms with van der Waals surface area (Å²) in [6.07, 6.45) is 6.36. The molecule has 0 amide bonds. The van der Waals surface area contributed by atoms with Gasteiger partial charge in [-0.05, 0) is 30.2 Å². The Hall–Kier alpha value is -1.91. The molecule has 0 aromatic heterocycles. The topological polar surface area (TPSA) is 26.3 Å². The number of likely N-dealkylation sites (N-methyl/N-ethyl adjacent to an activating group) is 1. The Morgan fingerprint density at radius 1 is 0.893 bits per heavy atom. The van der Waals surface area contributed by atoms with Gasteiger partial charge in [0.1, 0.15) is 23.6 Å². The van der Waals surface area contributed by atoms with Crippen LogP contribution in [0, 0.1) is 0 Å². The minimum atomic E-state index is -0.809. The second-order valence-corrected chi connectivity index (χ2v) is 8.50. The van der Waals surface area contributed by atoms with E-state index >= 15 is 0 Å². The lowest BCUT2D eigenvalue weighted by Gasteiger charge is -2.44. The number of carbonyl (C=O) groups is 1.